The summed E-state index contributed by atoms with van der Waals surface area (Å²) < 4.78 is 86.1. The van der Waals surface area contributed by atoms with Gasteiger partial charge in [-0.15, -0.1) is 0 Å². The number of alkyl carbamates (subject to hydrolysis) is 1. The van der Waals surface area contributed by atoms with Gasteiger partial charge in [-0.25, -0.2) is 23.2 Å². The second-order valence-corrected chi connectivity index (χ2v) is 14.2. The Kier molecular flexibility index (Phi) is 20.7. The van der Waals surface area contributed by atoms with Crippen molar-refractivity contribution in [3.63, 3.8) is 0 Å². The van der Waals surface area contributed by atoms with Crippen LogP contribution in [0, 0.1) is 17.5 Å². The maximum atomic E-state index is 14.9. The van der Waals surface area contributed by atoms with Crippen LogP contribution in [-0.2, 0) is 55.6 Å². The fourth-order valence-electron chi connectivity index (χ4n) is 4.55. The van der Waals surface area contributed by atoms with Crippen molar-refractivity contribution in [2.75, 3.05) is 66.0 Å². The Labute approximate surface area is 325 Å². The average molecular weight is 801 g/mol. The van der Waals surface area contributed by atoms with Gasteiger partial charge in [0.1, 0.15) is 23.0 Å². The number of carbonyl (C=O) groups excluding carboxylic acids is 4. The van der Waals surface area contributed by atoms with Crippen LogP contribution in [0.4, 0.5) is 18.0 Å². The molecule has 2 amide bonds. The summed E-state index contributed by atoms with van der Waals surface area (Å²) in [4.78, 5) is 49.6. The molecule has 2 aromatic rings. The molecule has 56 heavy (non-hydrogen) atoms. The summed E-state index contributed by atoms with van der Waals surface area (Å²) in [5, 5.41) is 5.08. The molecule has 2 aromatic carbocycles. The normalized spacial score (nSPS) is 12.1. The van der Waals surface area contributed by atoms with E-state index in [4.69, 9.17) is 37.9 Å². The van der Waals surface area contributed by atoms with Crippen molar-refractivity contribution in [1.29, 1.82) is 0 Å². The molecular weight excluding hydrogens is 745 g/mol. The van der Waals surface area contributed by atoms with Crippen LogP contribution in [0.5, 0.6) is 11.5 Å². The highest BCUT2D eigenvalue weighted by atomic mass is 19.2. The summed E-state index contributed by atoms with van der Waals surface area (Å²) in [7, 11) is 0. The standard InChI is InChI=1S/C39H55F3N2O12/c1-8-27-24-29(40)34(42)35(33(27)41)54-36(47)30(23-26-9-11-28(12-10-26)53-25-32(46)55-38(2,3)4)44-31(45)13-15-49-17-19-51-21-22-52-20-18-50-16-14-43-37(48)56-39(5,6)7/h9-12,24,30H,8,13-23,25H2,1-7H3,(H,43,48)(H,44,45). The average Bonchev–Trinajstić information content (AvgIpc) is 3.11. The van der Waals surface area contributed by atoms with Crippen molar-refractivity contribution in [2.24, 2.45) is 0 Å². The summed E-state index contributed by atoms with van der Waals surface area (Å²) in [5.74, 6) is -7.61. The van der Waals surface area contributed by atoms with E-state index in [0.717, 1.165) is 0 Å². The van der Waals surface area contributed by atoms with Crippen LogP contribution in [0.2, 0.25) is 0 Å². The van der Waals surface area contributed by atoms with E-state index in [-0.39, 0.29) is 57.9 Å². The third-order valence-corrected chi connectivity index (χ3v) is 7.04. The first-order chi connectivity index (χ1) is 26.4. The molecule has 2 N–H and O–H groups in total. The molecule has 0 spiro atoms. The first-order valence-electron chi connectivity index (χ1n) is 18.3. The fraction of sp³-hybridized carbons (Fsp3) is 0.590. The highest BCUT2D eigenvalue weighted by molar-refractivity contribution is 5.86. The van der Waals surface area contributed by atoms with E-state index in [1.165, 1.54) is 19.1 Å². The topological polar surface area (TPSA) is 166 Å². The molecule has 17 heteroatoms. The molecule has 14 nitrogen and oxygen atoms in total. The molecule has 0 aliphatic carbocycles. The molecular formula is C39H55F3N2O12. The number of hydrogen-bond acceptors (Lipinski definition) is 12. The Hall–Kier alpha value is -4.45. The van der Waals surface area contributed by atoms with Crippen molar-refractivity contribution in [2.45, 2.75) is 85.0 Å². The minimum absolute atomic E-state index is 0.00353. The van der Waals surface area contributed by atoms with Gasteiger partial charge in [0.25, 0.3) is 0 Å². The second-order valence-electron chi connectivity index (χ2n) is 14.2. The third-order valence-electron chi connectivity index (χ3n) is 7.04. The Morgan fingerprint density at radius 2 is 1.29 bits per heavy atom. The predicted molar refractivity (Wildman–Crippen MR) is 197 cm³/mol. The number of amides is 2. The van der Waals surface area contributed by atoms with Crippen LogP contribution in [0.3, 0.4) is 0 Å². The number of hydrogen-bond donors (Lipinski definition) is 2. The van der Waals surface area contributed by atoms with Crippen molar-refractivity contribution >= 4 is 23.9 Å². The Morgan fingerprint density at radius 1 is 0.732 bits per heavy atom. The van der Waals surface area contributed by atoms with E-state index in [9.17, 15) is 32.3 Å². The van der Waals surface area contributed by atoms with Crippen LogP contribution < -0.4 is 20.1 Å². The monoisotopic (exact) mass is 800 g/mol. The summed E-state index contributed by atoms with van der Waals surface area (Å²) in [6.07, 6.45) is -0.867. The van der Waals surface area contributed by atoms with E-state index < -0.39 is 64.4 Å². The van der Waals surface area contributed by atoms with Crippen molar-refractivity contribution in [1.82, 2.24) is 10.6 Å². The molecule has 0 fully saturated rings. The van der Waals surface area contributed by atoms with Crippen LogP contribution in [0.15, 0.2) is 30.3 Å². The highest BCUT2D eigenvalue weighted by Crippen LogP contribution is 2.28. The minimum atomic E-state index is -1.68. The molecule has 0 saturated heterocycles. The van der Waals surface area contributed by atoms with Gasteiger partial charge in [-0.1, -0.05) is 19.1 Å². The zero-order valence-corrected chi connectivity index (χ0v) is 33.2. The lowest BCUT2D eigenvalue weighted by Gasteiger charge is -2.20. The van der Waals surface area contributed by atoms with E-state index in [1.807, 2.05) is 0 Å². The molecule has 0 aromatic heterocycles. The molecule has 0 aliphatic heterocycles. The lowest BCUT2D eigenvalue weighted by molar-refractivity contribution is -0.157. The van der Waals surface area contributed by atoms with Crippen LogP contribution in [-0.4, -0.2) is 107 Å². The smallest absolute Gasteiger partial charge is 0.407 e. The number of nitrogens with one attached hydrogen (secondary N) is 2. The molecule has 1 atom stereocenters. The molecule has 0 saturated carbocycles. The van der Waals surface area contributed by atoms with Crippen molar-refractivity contribution in [3.8, 4) is 11.5 Å². The maximum Gasteiger partial charge on any atom is 0.407 e. The lowest BCUT2D eigenvalue weighted by atomic mass is 10.1. The number of esters is 2. The zero-order valence-electron chi connectivity index (χ0n) is 33.2. The molecule has 0 aliphatic rings. The Morgan fingerprint density at radius 3 is 1.84 bits per heavy atom. The number of rotatable bonds is 24. The van der Waals surface area contributed by atoms with Gasteiger partial charge < -0.3 is 48.5 Å². The van der Waals surface area contributed by atoms with E-state index in [0.29, 0.717) is 50.4 Å². The lowest BCUT2D eigenvalue weighted by Crippen LogP contribution is -2.45. The zero-order chi connectivity index (χ0) is 41.7. The molecule has 0 bridgehead atoms. The summed E-state index contributed by atoms with van der Waals surface area (Å²) >= 11 is 0. The van der Waals surface area contributed by atoms with Crippen LogP contribution >= 0.6 is 0 Å². The van der Waals surface area contributed by atoms with Crippen LogP contribution in [0.1, 0.15) is 66.0 Å². The number of ether oxygens (including phenoxy) is 8. The summed E-state index contributed by atoms with van der Waals surface area (Å²) in [6.45, 7) is 13.9. The second kappa shape index (κ2) is 24.2. The first-order valence-corrected chi connectivity index (χ1v) is 18.3. The maximum absolute atomic E-state index is 14.9. The van der Waals surface area contributed by atoms with Gasteiger partial charge >= 0.3 is 18.0 Å². The Bertz CT molecular complexity index is 1550. The fourth-order valence-corrected chi connectivity index (χ4v) is 4.55. The van der Waals surface area contributed by atoms with E-state index in [1.54, 1.807) is 53.7 Å². The summed E-state index contributed by atoms with van der Waals surface area (Å²) in [6, 6.07) is 5.42. The van der Waals surface area contributed by atoms with E-state index in [2.05, 4.69) is 10.6 Å². The molecule has 0 heterocycles. The number of benzene rings is 2. The minimum Gasteiger partial charge on any atom is -0.482 e. The van der Waals surface area contributed by atoms with Gasteiger partial charge in [0, 0.05) is 19.4 Å². The quantitative estimate of drug-likeness (QED) is 0.0633. The van der Waals surface area contributed by atoms with Crippen LogP contribution in [0.25, 0.3) is 0 Å². The van der Waals surface area contributed by atoms with Gasteiger partial charge in [-0.2, -0.15) is 4.39 Å². The Balaban J connectivity index is 1.80. The van der Waals surface area contributed by atoms with Gasteiger partial charge in [-0.3, -0.25) is 4.79 Å². The highest BCUT2D eigenvalue weighted by Gasteiger charge is 2.28. The van der Waals surface area contributed by atoms with Gasteiger partial charge in [0.05, 0.1) is 52.9 Å². The molecule has 1 unspecified atom stereocenters. The first kappa shape index (κ1) is 47.7. The van der Waals surface area contributed by atoms with Crippen molar-refractivity contribution < 1.29 is 70.2 Å². The summed E-state index contributed by atoms with van der Waals surface area (Å²) in [5.41, 5.74) is -0.967. The number of aryl methyl sites for hydroxylation is 1. The SMILES string of the molecule is CCc1cc(F)c(F)c(OC(=O)C(Cc2ccc(OCC(=O)OC(C)(C)C)cc2)NC(=O)CCOCCOCCOCCOCCNC(=O)OC(C)(C)C)c1F. The molecule has 0 radical (unpaired) electrons. The van der Waals surface area contributed by atoms with Gasteiger partial charge in [-0.05, 0) is 77.3 Å². The molecule has 2 rings (SSSR count). The third kappa shape index (κ3) is 19.9. The van der Waals surface area contributed by atoms with E-state index >= 15 is 0 Å². The van der Waals surface area contributed by atoms with Gasteiger partial charge in [0.15, 0.2) is 18.2 Å². The number of carbonyl (C=O) groups is 4. The van der Waals surface area contributed by atoms with Gasteiger partial charge in [0.2, 0.25) is 17.5 Å². The predicted octanol–water partition coefficient (Wildman–Crippen LogP) is 5.00. The number of halogens is 3. The molecule has 314 valence electrons. The van der Waals surface area contributed by atoms with Crippen molar-refractivity contribution in [3.05, 3.63) is 58.9 Å². The largest absolute Gasteiger partial charge is 0.482 e.